The van der Waals surface area contributed by atoms with Crippen molar-refractivity contribution in [1.82, 2.24) is 0 Å². The molecule has 0 heterocycles. The number of ether oxygens (including phenoxy) is 2. The molecule has 27 heavy (non-hydrogen) atoms. The molecule has 0 amide bonds. The topological polar surface area (TPSA) is 35.5 Å². The van der Waals surface area contributed by atoms with E-state index in [1.165, 1.54) is 19.3 Å². The molecule has 1 unspecified atom stereocenters. The van der Waals surface area contributed by atoms with Crippen LogP contribution in [0.2, 0.25) is 0 Å². The Morgan fingerprint density at radius 3 is 2.04 bits per heavy atom. The highest BCUT2D eigenvalue weighted by Gasteiger charge is 2.13. The van der Waals surface area contributed by atoms with Gasteiger partial charge in [-0.1, -0.05) is 69.6 Å². The zero-order valence-electron chi connectivity index (χ0n) is 18.1. The highest BCUT2D eigenvalue weighted by atomic mass is 16.7. The monoisotopic (exact) mass is 378 g/mol. The van der Waals surface area contributed by atoms with Gasteiger partial charge in [0.1, 0.15) is 0 Å². The second kappa shape index (κ2) is 19.4. The number of allylic oxidation sites excluding steroid dienone is 6. The SMILES string of the molecule is CC/C=C\C/C=C\C/C=C\CCCCCCCC(=O)OC(CC)OC(C)C. The Balaban J connectivity index is 3.49. The van der Waals surface area contributed by atoms with E-state index in [9.17, 15) is 4.79 Å². The first kappa shape index (κ1) is 25.6. The predicted molar refractivity (Wildman–Crippen MR) is 116 cm³/mol. The molecule has 0 rings (SSSR count). The van der Waals surface area contributed by atoms with Crippen LogP contribution in [0.15, 0.2) is 36.5 Å². The minimum atomic E-state index is -0.396. The summed E-state index contributed by atoms with van der Waals surface area (Å²) in [4.78, 5) is 11.8. The fourth-order valence-corrected chi connectivity index (χ4v) is 2.60. The van der Waals surface area contributed by atoms with Crippen molar-refractivity contribution in [3.8, 4) is 0 Å². The summed E-state index contributed by atoms with van der Waals surface area (Å²) in [6, 6.07) is 0. The van der Waals surface area contributed by atoms with Crippen molar-refractivity contribution in [3.63, 3.8) is 0 Å². The number of hydrogen-bond donors (Lipinski definition) is 0. The summed E-state index contributed by atoms with van der Waals surface area (Å²) in [7, 11) is 0. The van der Waals surface area contributed by atoms with Crippen molar-refractivity contribution in [2.24, 2.45) is 0 Å². The molecule has 0 radical (unpaired) electrons. The fourth-order valence-electron chi connectivity index (χ4n) is 2.60. The molecule has 0 aliphatic heterocycles. The summed E-state index contributed by atoms with van der Waals surface area (Å²) in [5, 5.41) is 0. The molecule has 0 bridgehead atoms. The van der Waals surface area contributed by atoms with E-state index in [4.69, 9.17) is 9.47 Å². The Labute approximate surface area is 167 Å². The predicted octanol–water partition coefficient (Wildman–Crippen LogP) is 7.28. The van der Waals surface area contributed by atoms with E-state index < -0.39 is 6.29 Å². The van der Waals surface area contributed by atoms with Crippen LogP contribution in [0.5, 0.6) is 0 Å². The standard InChI is InChI=1S/C24H42O3/c1-5-7-8-9-10-11-12-13-14-15-16-17-18-19-20-21-23(25)27-24(6-2)26-22(3)4/h7-8,10-11,13-14,22,24H,5-6,9,12,15-21H2,1-4H3/b8-7-,11-10-,14-13-. The summed E-state index contributed by atoms with van der Waals surface area (Å²) in [6.45, 7) is 8.03. The molecule has 0 N–H and O–H groups in total. The maximum atomic E-state index is 11.8. The minimum absolute atomic E-state index is 0.0794. The summed E-state index contributed by atoms with van der Waals surface area (Å²) in [5.74, 6) is -0.135. The zero-order chi connectivity index (χ0) is 20.2. The van der Waals surface area contributed by atoms with Crippen LogP contribution in [0.3, 0.4) is 0 Å². The van der Waals surface area contributed by atoms with Crippen LogP contribution < -0.4 is 0 Å². The molecule has 0 spiro atoms. The van der Waals surface area contributed by atoms with E-state index in [1.54, 1.807) is 0 Å². The zero-order valence-corrected chi connectivity index (χ0v) is 18.1. The molecule has 0 aromatic heterocycles. The van der Waals surface area contributed by atoms with Crippen molar-refractivity contribution >= 4 is 5.97 Å². The van der Waals surface area contributed by atoms with Crippen molar-refractivity contribution in [2.45, 2.75) is 111 Å². The third-order valence-electron chi connectivity index (χ3n) is 4.05. The molecular formula is C24H42O3. The van der Waals surface area contributed by atoms with Crippen molar-refractivity contribution in [1.29, 1.82) is 0 Å². The number of carbonyl (C=O) groups is 1. The van der Waals surface area contributed by atoms with Crippen LogP contribution in [0.25, 0.3) is 0 Å². The largest absolute Gasteiger partial charge is 0.436 e. The van der Waals surface area contributed by atoms with E-state index >= 15 is 0 Å². The van der Waals surface area contributed by atoms with Crippen LogP contribution in [-0.4, -0.2) is 18.4 Å². The van der Waals surface area contributed by atoms with Gasteiger partial charge in [0.15, 0.2) is 0 Å². The highest BCUT2D eigenvalue weighted by Crippen LogP contribution is 2.11. The van der Waals surface area contributed by atoms with E-state index in [0.717, 1.165) is 38.5 Å². The van der Waals surface area contributed by atoms with Gasteiger partial charge in [0.2, 0.25) is 6.29 Å². The van der Waals surface area contributed by atoms with E-state index in [1.807, 2.05) is 20.8 Å². The summed E-state index contributed by atoms with van der Waals surface area (Å²) in [6.07, 6.45) is 24.2. The Bertz CT molecular complexity index is 421. The maximum Gasteiger partial charge on any atom is 0.308 e. The van der Waals surface area contributed by atoms with Crippen molar-refractivity contribution in [2.75, 3.05) is 0 Å². The molecule has 3 heteroatoms. The van der Waals surface area contributed by atoms with Crippen LogP contribution in [0.1, 0.15) is 98.3 Å². The Kier molecular flexibility index (Phi) is 18.4. The average molecular weight is 379 g/mol. The van der Waals surface area contributed by atoms with Gasteiger partial charge in [0.25, 0.3) is 0 Å². The Hall–Kier alpha value is -1.35. The molecule has 0 aromatic rings. The Morgan fingerprint density at radius 1 is 0.815 bits per heavy atom. The third-order valence-corrected chi connectivity index (χ3v) is 4.05. The van der Waals surface area contributed by atoms with Gasteiger partial charge in [-0.3, -0.25) is 4.79 Å². The molecule has 0 fully saturated rings. The second-order valence-corrected chi connectivity index (χ2v) is 7.11. The number of unbranched alkanes of at least 4 members (excludes halogenated alkanes) is 5. The molecule has 0 aromatic carbocycles. The number of rotatable bonds is 17. The van der Waals surface area contributed by atoms with Gasteiger partial charge in [-0.15, -0.1) is 0 Å². The van der Waals surface area contributed by atoms with Crippen LogP contribution in [0.4, 0.5) is 0 Å². The van der Waals surface area contributed by atoms with Gasteiger partial charge < -0.3 is 9.47 Å². The van der Waals surface area contributed by atoms with Crippen LogP contribution >= 0.6 is 0 Å². The molecule has 156 valence electrons. The third kappa shape index (κ3) is 19.2. The van der Waals surface area contributed by atoms with E-state index in [-0.39, 0.29) is 12.1 Å². The fraction of sp³-hybridized carbons (Fsp3) is 0.708. The summed E-state index contributed by atoms with van der Waals surface area (Å²) < 4.78 is 10.9. The van der Waals surface area contributed by atoms with Crippen molar-refractivity contribution in [3.05, 3.63) is 36.5 Å². The molecule has 3 nitrogen and oxygen atoms in total. The molecule has 0 saturated carbocycles. The normalized spacial score (nSPS) is 13.4. The van der Waals surface area contributed by atoms with Gasteiger partial charge in [-0.05, 0) is 52.4 Å². The highest BCUT2D eigenvalue weighted by molar-refractivity contribution is 5.69. The molecular weight excluding hydrogens is 336 g/mol. The first-order valence-electron chi connectivity index (χ1n) is 10.9. The lowest BCUT2D eigenvalue weighted by Gasteiger charge is -2.19. The van der Waals surface area contributed by atoms with Crippen LogP contribution in [0, 0.1) is 0 Å². The summed E-state index contributed by atoms with van der Waals surface area (Å²) >= 11 is 0. The lowest BCUT2D eigenvalue weighted by molar-refractivity contribution is -0.187. The molecule has 0 aliphatic carbocycles. The lowest BCUT2D eigenvalue weighted by atomic mass is 10.1. The van der Waals surface area contributed by atoms with Crippen LogP contribution in [-0.2, 0) is 14.3 Å². The quantitative estimate of drug-likeness (QED) is 0.115. The maximum absolute atomic E-state index is 11.8. The molecule has 1 atom stereocenters. The lowest BCUT2D eigenvalue weighted by Crippen LogP contribution is -2.23. The number of hydrogen-bond acceptors (Lipinski definition) is 3. The van der Waals surface area contributed by atoms with E-state index in [0.29, 0.717) is 12.8 Å². The van der Waals surface area contributed by atoms with Gasteiger partial charge in [0.05, 0.1) is 6.10 Å². The van der Waals surface area contributed by atoms with E-state index in [2.05, 4.69) is 43.4 Å². The molecule has 0 saturated heterocycles. The first-order valence-corrected chi connectivity index (χ1v) is 10.9. The second-order valence-electron chi connectivity index (χ2n) is 7.11. The minimum Gasteiger partial charge on any atom is -0.436 e. The Morgan fingerprint density at radius 2 is 1.41 bits per heavy atom. The number of esters is 1. The number of carbonyl (C=O) groups excluding carboxylic acids is 1. The molecule has 0 aliphatic rings. The smallest absolute Gasteiger partial charge is 0.308 e. The van der Waals surface area contributed by atoms with Gasteiger partial charge >= 0.3 is 5.97 Å². The summed E-state index contributed by atoms with van der Waals surface area (Å²) in [5.41, 5.74) is 0. The van der Waals surface area contributed by atoms with Gasteiger partial charge in [0, 0.05) is 12.8 Å². The van der Waals surface area contributed by atoms with Crippen molar-refractivity contribution < 1.29 is 14.3 Å². The average Bonchev–Trinajstić information content (AvgIpc) is 2.64. The van der Waals surface area contributed by atoms with Gasteiger partial charge in [-0.2, -0.15) is 0 Å². The first-order chi connectivity index (χ1) is 13.1. The van der Waals surface area contributed by atoms with Gasteiger partial charge in [-0.25, -0.2) is 0 Å².